The van der Waals surface area contributed by atoms with E-state index in [2.05, 4.69) is 11.7 Å². The summed E-state index contributed by atoms with van der Waals surface area (Å²) >= 11 is 0. The fourth-order valence-corrected chi connectivity index (χ4v) is 1.75. The molecule has 0 aliphatic heterocycles. The maximum atomic E-state index is 10.0. The first-order chi connectivity index (χ1) is 7.77. The van der Waals surface area contributed by atoms with Crippen molar-refractivity contribution in [3.8, 4) is 0 Å². The van der Waals surface area contributed by atoms with Crippen molar-refractivity contribution in [2.75, 3.05) is 6.61 Å². The van der Waals surface area contributed by atoms with Crippen molar-refractivity contribution < 1.29 is 14.6 Å². The van der Waals surface area contributed by atoms with E-state index in [1.807, 2.05) is 0 Å². The Kier molecular flexibility index (Phi) is 20.0. The van der Waals surface area contributed by atoms with E-state index in [-0.39, 0.29) is 48.9 Å². The largest absolute Gasteiger partial charge is 0.505 e. The van der Waals surface area contributed by atoms with Gasteiger partial charge in [0, 0.05) is 48.9 Å². The molecule has 0 rings (SSSR count). The molecule has 0 aromatic rings. The third kappa shape index (κ3) is 19.4. The van der Waals surface area contributed by atoms with Crippen LogP contribution >= 0.6 is 0 Å². The maximum Gasteiger partial charge on any atom is 0.505 e. The van der Waals surface area contributed by atoms with E-state index in [9.17, 15) is 4.79 Å². The summed E-state index contributed by atoms with van der Waals surface area (Å²) in [4.78, 5) is 10.0. The molecule has 4 heteroatoms. The van der Waals surface area contributed by atoms with Crippen molar-refractivity contribution in [3.63, 3.8) is 0 Å². The molecule has 0 heterocycles. The zero-order valence-corrected chi connectivity index (χ0v) is 15.7. The van der Waals surface area contributed by atoms with E-state index in [1.54, 1.807) is 0 Å². The first kappa shape index (κ1) is 20.2. The van der Waals surface area contributed by atoms with Gasteiger partial charge < -0.3 is 9.84 Å². The normalized spacial score (nSPS) is 9.71. The average molecular weight is 368 g/mol. The third-order valence-corrected chi connectivity index (χ3v) is 2.72. The Morgan fingerprint density at radius 1 is 0.882 bits per heavy atom. The predicted molar refractivity (Wildman–Crippen MR) is 71.6 cm³/mol. The molecule has 0 saturated carbocycles. The topological polar surface area (TPSA) is 46.5 Å². The van der Waals surface area contributed by atoms with Gasteiger partial charge >= 0.3 is 6.16 Å². The molecule has 0 spiro atoms. The molecule has 0 unspecified atom stereocenters. The number of hydrogen-bond acceptors (Lipinski definition) is 2. The smallest absolute Gasteiger partial charge is 0.450 e. The molecule has 0 fully saturated rings. The van der Waals surface area contributed by atoms with Crippen LogP contribution in [0, 0.1) is 0 Å². The van der Waals surface area contributed by atoms with E-state index in [4.69, 9.17) is 5.11 Å². The minimum absolute atomic E-state index is 0. The molecule has 0 saturated heterocycles. The minimum Gasteiger partial charge on any atom is -0.450 e. The van der Waals surface area contributed by atoms with Crippen LogP contribution in [0.2, 0.25) is 0 Å². The standard InChI is InChI=1S/C13H26O3.Ba/c1-2-3-4-5-6-7-8-9-10-11-12-16-13(14)15;/h2-12H2,1H3,(H,14,15);. The van der Waals surface area contributed by atoms with Crippen molar-refractivity contribution in [2.45, 2.75) is 71.1 Å². The van der Waals surface area contributed by atoms with Crippen LogP contribution in [0.25, 0.3) is 0 Å². The summed E-state index contributed by atoms with van der Waals surface area (Å²) in [5.41, 5.74) is 0. The third-order valence-electron chi connectivity index (χ3n) is 2.72. The molecule has 17 heavy (non-hydrogen) atoms. The Balaban J connectivity index is 0. The maximum absolute atomic E-state index is 10.0. The predicted octanol–water partition coefficient (Wildman–Crippen LogP) is 4.22. The first-order valence-corrected chi connectivity index (χ1v) is 6.63. The fraction of sp³-hybridized carbons (Fsp3) is 0.923. The SMILES string of the molecule is CCCCCCCCCCCCOC(=O)O.[Ba]. The molecule has 1 N–H and O–H groups in total. The number of ether oxygens (including phenoxy) is 1. The van der Waals surface area contributed by atoms with E-state index < -0.39 is 6.16 Å². The van der Waals surface area contributed by atoms with Gasteiger partial charge in [0.05, 0.1) is 6.61 Å². The van der Waals surface area contributed by atoms with E-state index in [0.717, 1.165) is 12.8 Å². The zero-order valence-electron chi connectivity index (χ0n) is 11.2. The van der Waals surface area contributed by atoms with Gasteiger partial charge in [0.1, 0.15) is 0 Å². The van der Waals surface area contributed by atoms with Crippen LogP contribution in [0.3, 0.4) is 0 Å². The van der Waals surface area contributed by atoms with Crippen LogP contribution in [0.1, 0.15) is 71.1 Å². The Morgan fingerprint density at radius 3 is 1.71 bits per heavy atom. The van der Waals surface area contributed by atoms with Crippen molar-refractivity contribution in [1.82, 2.24) is 0 Å². The van der Waals surface area contributed by atoms with Crippen molar-refractivity contribution >= 4 is 55.0 Å². The number of hydrogen-bond donors (Lipinski definition) is 1. The van der Waals surface area contributed by atoms with Gasteiger partial charge in [0.2, 0.25) is 0 Å². The summed E-state index contributed by atoms with van der Waals surface area (Å²) in [6.07, 6.45) is 11.4. The summed E-state index contributed by atoms with van der Waals surface area (Å²) in [7, 11) is 0. The van der Waals surface area contributed by atoms with Crippen molar-refractivity contribution in [2.24, 2.45) is 0 Å². The first-order valence-electron chi connectivity index (χ1n) is 6.63. The molecule has 0 atom stereocenters. The number of carbonyl (C=O) groups is 1. The Bertz CT molecular complexity index is 163. The molecule has 2 radical (unpaired) electrons. The number of rotatable bonds is 11. The molecule has 98 valence electrons. The zero-order chi connectivity index (χ0) is 12.1. The van der Waals surface area contributed by atoms with Gasteiger partial charge in [-0.1, -0.05) is 64.7 Å². The van der Waals surface area contributed by atoms with Crippen molar-refractivity contribution in [1.29, 1.82) is 0 Å². The molecular weight excluding hydrogens is 341 g/mol. The van der Waals surface area contributed by atoms with Crippen LogP contribution < -0.4 is 0 Å². The summed E-state index contributed by atoms with van der Waals surface area (Å²) in [5, 5.41) is 8.23. The summed E-state index contributed by atoms with van der Waals surface area (Å²) in [5.74, 6) is 0. The van der Waals surface area contributed by atoms with Gasteiger partial charge in [-0.3, -0.25) is 0 Å². The van der Waals surface area contributed by atoms with Gasteiger partial charge in [0.15, 0.2) is 0 Å². The van der Waals surface area contributed by atoms with Gasteiger partial charge in [-0.15, -0.1) is 0 Å². The fourth-order valence-electron chi connectivity index (χ4n) is 1.75. The molecule has 0 aliphatic carbocycles. The molecule has 0 amide bonds. The van der Waals surface area contributed by atoms with Crippen molar-refractivity contribution in [3.05, 3.63) is 0 Å². The molecular formula is C13H26BaO3. The minimum atomic E-state index is -1.16. The Morgan fingerprint density at radius 2 is 1.29 bits per heavy atom. The van der Waals surface area contributed by atoms with Gasteiger partial charge in [0.25, 0.3) is 0 Å². The van der Waals surface area contributed by atoms with Crippen LogP contribution in [-0.4, -0.2) is 66.7 Å². The number of unbranched alkanes of at least 4 members (excludes halogenated alkanes) is 9. The molecule has 0 bridgehead atoms. The second-order valence-corrected chi connectivity index (χ2v) is 4.30. The van der Waals surface area contributed by atoms with Crippen LogP contribution in [0.5, 0.6) is 0 Å². The average Bonchev–Trinajstić information content (AvgIpc) is 2.25. The molecule has 0 aromatic heterocycles. The quantitative estimate of drug-likeness (QED) is 0.338. The van der Waals surface area contributed by atoms with Gasteiger partial charge in [-0.05, 0) is 6.42 Å². The second kappa shape index (κ2) is 16.8. The Hall–Kier alpha value is 0.841. The summed E-state index contributed by atoms with van der Waals surface area (Å²) < 4.78 is 4.43. The van der Waals surface area contributed by atoms with E-state index in [1.165, 1.54) is 51.4 Å². The van der Waals surface area contributed by atoms with Crippen LogP contribution in [0.4, 0.5) is 4.79 Å². The van der Waals surface area contributed by atoms with Gasteiger partial charge in [-0.25, -0.2) is 4.79 Å². The molecule has 0 aliphatic rings. The molecule has 3 nitrogen and oxygen atoms in total. The van der Waals surface area contributed by atoms with Crippen LogP contribution in [-0.2, 0) is 4.74 Å². The van der Waals surface area contributed by atoms with Crippen LogP contribution in [0.15, 0.2) is 0 Å². The van der Waals surface area contributed by atoms with E-state index >= 15 is 0 Å². The summed E-state index contributed by atoms with van der Waals surface area (Å²) in [6, 6.07) is 0. The monoisotopic (exact) mass is 368 g/mol. The second-order valence-electron chi connectivity index (χ2n) is 4.30. The Labute approximate surface area is 146 Å². The van der Waals surface area contributed by atoms with E-state index in [0.29, 0.717) is 6.61 Å². The number of carboxylic acid groups (broad SMARTS) is 1. The molecule has 0 aromatic carbocycles. The van der Waals surface area contributed by atoms with Gasteiger partial charge in [-0.2, -0.15) is 0 Å². The summed E-state index contributed by atoms with van der Waals surface area (Å²) in [6.45, 7) is 2.59.